The fourth-order valence-corrected chi connectivity index (χ4v) is 3.52. The van der Waals surface area contributed by atoms with Crippen molar-refractivity contribution < 1.29 is 9.53 Å². The molecule has 8 nitrogen and oxygen atoms in total. The van der Waals surface area contributed by atoms with E-state index in [9.17, 15) is 4.79 Å². The third-order valence-electron chi connectivity index (χ3n) is 5.02. The summed E-state index contributed by atoms with van der Waals surface area (Å²) in [6.07, 6.45) is 1.82. The number of hydrogen-bond acceptors (Lipinski definition) is 7. The number of aliphatic imine (C=N–C) groups is 3. The minimum Gasteiger partial charge on any atom is -0.495 e. The zero-order valence-corrected chi connectivity index (χ0v) is 16.4. The van der Waals surface area contributed by atoms with E-state index in [1.165, 1.54) is 0 Å². The maximum Gasteiger partial charge on any atom is 0.284 e. The van der Waals surface area contributed by atoms with Gasteiger partial charge in [-0.2, -0.15) is 9.98 Å². The number of benzene rings is 1. The molecule has 3 aliphatic heterocycles. The average molecular weight is 380 g/mol. The van der Waals surface area contributed by atoms with Crippen LogP contribution in [0, 0.1) is 0 Å². The summed E-state index contributed by atoms with van der Waals surface area (Å²) >= 11 is 0. The van der Waals surface area contributed by atoms with E-state index in [1.54, 1.807) is 12.0 Å². The van der Waals surface area contributed by atoms with Crippen LogP contribution in [0.5, 0.6) is 5.75 Å². The molecule has 146 valence electrons. The van der Waals surface area contributed by atoms with E-state index in [-0.39, 0.29) is 5.91 Å². The van der Waals surface area contributed by atoms with Gasteiger partial charge < -0.3 is 14.5 Å². The minimum absolute atomic E-state index is 0.270. The first-order valence-corrected chi connectivity index (χ1v) is 9.34. The Labute approximate surface area is 164 Å². The smallest absolute Gasteiger partial charge is 0.284 e. The van der Waals surface area contributed by atoms with Gasteiger partial charge >= 0.3 is 0 Å². The Morgan fingerprint density at radius 3 is 2.54 bits per heavy atom. The molecule has 4 rings (SSSR count). The number of ether oxygens (including phenoxy) is 1. The minimum atomic E-state index is -0.270. The van der Waals surface area contributed by atoms with Gasteiger partial charge in [-0.05, 0) is 18.2 Å². The number of fused-ring (bicyclic) bond motifs is 1. The van der Waals surface area contributed by atoms with Crippen LogP contribution in [0.4, 0.5) is 5.69 Å². The Morgan fingerprint density at radius 1 is 1.07 bits per heavy atom. The largest absolute Gasteiger partial charge is 0.495 e. The maximum absolute atomic E-state index is 12.2. The molecular formula is C20H24N6O2. The van der Waals surface area contributed by atoms with Crippen molar-refractivity contribution in [3.8, 4) is 5.75 Å². The molecule has 0 aromatic heterocycles. The van der Waals surface area contributed by atoms with Crippen molar-refractivity contribution in [1.82, 2.24) is 9.80 Å². The molecule has 0 radical (unpaired) electrons. The molecular weight excluding hydrogens is 356 g/mol. The quantitative estimate of drug-likeness (QED) is 0.781. The summed E-state index contributed by atoms with van der Waals surface area (Å²) < 4.78 is 5.48. The molecule has 0 unspecified atom stereocenters. The predicted octanol–water partition coefficient (Wildman–Crippen LogP) is 1.05. The van der Waals surface area contributed by atoms with Gasteiger partial charge in [0.05, 0.1) is 24.1 Å². The molecule has 1 saturated heterocycles. The van der Waals surface area contributed by atoms with E-state index in [1.807, 2.05) is 38.4 Å². The van der Waals surface area contributed by atoms with Crippen LogP contribution in [0.15, 0.2) is 50.9 Å². The molecule has 0 atom stereocenters. The van der Waals surface area contributed by atoms with Crippen molar-refractivity contribution >= 4 is 29.1 Å². The van der Waals surface area contributed by atoms with Gasteiger partial charge in [-0.3, -0.25) is 9.69 Å². The number of rotatable bonds is 4. The van der Waals surface area contributed by atoms with Crippen LogP contribution >= 0.6 is 0 Å². The first-order valence-electron chi connectivity index (χ1n) is 9.34. The van der Waals surface area contributed by atoms with E-state index in [0.29, 0.717) is 23.9 Å². The van der Waals surface area contributed by atoms with E-state index in [4.69, 9.17) is 4.74 Å². The number of amidine groups is 1. The van der Waals surface area contributed by atoms with Crippen LogP contribution in [0.2, 0.25) is 0 Å². The number of guanidine groups is 1. The number of para-hydroxylation sites is 2. The fourth-order valence-electron chi connectivity index (χ4n) is 3.52. The SMILES string of the molecule is COc1ccccc1N1CCN(CC2=NC3=NC(N(C)C)=NC(=O)C3=C2)CC1. The Kier molecular flexibility index (Phi) is 4.95. The van der Waals surface area contributed by atoms with Crippen molar-refractivity contribution in [2.45, 2.75) is 0 Å². The molecule has 3 aliphatic rings. The standard InChI is InChI=1S/C20H24N6O2/c1-24(2)20-22-18-15(19(27)23-20)12-14(21-18)13-25-8-10-26(11-9-25)16-6-4-5-7-17(16)28-3/h4-7,12H,8-11,13H2,1-3H3. The first-order chi connectivity index (χ1) is 13.5. The zero-order valence-electron chi connectivity index (χ0n) is 16.4. The second-order valence-corrected chi connectivity index (χ2v) is 7.14. The van der Waals surface area contributed by atoms with Crippen molar-refractivity contribution in [2.24, 2.45) is 15.0 Å². The normalized spacial score (nSPS) is 19.5. The highest BCUT2D eigenvalue weighted by molar-refractivity contribution is 6.35. The summed E-state index contributed by atoms with van der Waals surface area (Å²) in [6, 6.07) is 8.10. The van der Waals surface area contributed by atoms with E-state index >= 15 is 0 Å². The predicted molar refractivity (Wildman–Crippen MR) is 111 cm³/mol. The average Bonchev–Trinajstić information content (AvgIpc) is 3.11. The number of hydrogen-bond donors (Lipinski definition) is 0. The van der Waals surface area contributed by atoms with Crippen LogP contribution in [0.1, 0.15) is 0 Å². The van der Waals surface area contributed by atoms with Crippen LogP contribution in [0.25, 0.3) is 0 Å². The molecule has 0 saturated carbocycles. The summed E-state index contributed by atoms with van der Waals surface area (Å²) in [5.74, 6) is 1.51. The van der Waals surface area contributed by atoms with Crippen LogP contribution in [-0.4, -0.2) is 87.1 Å². The Hall–Kier alpha value is -3.00. The second-order valence-electron chi connectivity index (χ2n) is 7.14. The van der Waals surface area contributed by atoms with Gasteiger partial charge in [0.25, 0.3) is 5.91 Å². The van der Waals surface area contributed by atoms with Crippen molar-refractivity contribution in [2.75, 3.05) is 58.8 Å². The number of piperazine rings is 1. The molecule has 3 heterocycles. The highest BCUT2D eigenvalue weighted by Gasteiger charge is 2.29. The number of anilines is 1. The highest BCUT2D eigenvalue weighted by atomic mass is 16.5. The third kappa shape index (κ3) is 3.55. The van der Waals surface area contributed by atoms with Gasteiger partial charge in [0, 0.05) is 46.8 Å². The zero-order chi connectivity index (χ0) is 19.7. The molecule has 1 aromatic carbocycles. The Balaban J connectivity index is 1.39. The number of amides is 1. The monoisotopic (exact) mass is 380 g/mol. The number of carbonyl (C=O) groups is 1. The van der Waals surface area contributed by atoms with E-state index in [2.05, 4.69) is 30.8 Å². The van der Waals surface area contributed by atoms with Gasteiger partial charge in [-0.1, -0.05) is 12.1 Å². The lowest BCUT2D eigenvalue weighted by atomic mass is 10.2. The number of methoxy groups -OCH3 is 1. The fraction of sp³-hybridized carbons (Fsp3) is 0.400. The van der Waals surface area contributed by atoms with Crippen LogP contribution in [0.3, 0.4) is 0 Å². The lowest BCUT2D eigenvalue weighted by Crippen LogP contribution is -2.47. The summed E-state index contributed by atoms with van der Waals surface area (Å²) in [5, 5.41) is 0. The molecule has 0 bridgehead atoms. The first kappa shape index (κ1) is 18.4. The topological polar surface area (TPSA) is 73.1 Å². The maximum atomic E-state index is 12.2. The van der Waals surface area contributed by atoms with Crippen molar-refractivity contribution in [3.63, 3.8) is 0 Å². The molecule has 1 fully saturated rings. The van der Waals surface area contributed by atoms with Gasteiger partial charge in [-0.15, -0.1) is 0 Å². The van der Waals surface area contributed by atoms with Gasteiger partial charge in [0.1, 0.15) is 5.75 Å². The number of nitrogens with zero attached hydrogens (tertiary/aromatic N) is 6. The molecule has 1 aromatic rings. The molecule has 8 heteroatoms. The molecule has 1 amide bonds. The van der Waals surface area contributed by atoms with Gasteiger partial charge in [0.2, 0.25) is 5.96 Å². The second kappa shape index (κ2) is 7.55. The summed E-state index contributed by atoms with van der Waals surface area (Å²) in [4.78, 5) is 31.6. The summed E-state index contributed by atoms with van der Waals surface area (Å²) in [7, 11) is 5.33. The third-order valence-corrected chi connectivity index (χ3v) is 5.02. The molecule has 0 spiro atoms. The summed E-state index contributed by atoms with van der Waals surface area (Å²) in [6.45, 7) is 4.36. The molecule has 0 aliphatic carbocycles. The number of carbonyl (C=O) groups excluding carboxylic acids is 1. The summed E-state index contributed by atoms with van der Waals surface area (Å²) in [5.41, 5.74) is 2.49. The highest BCUT2D eigenvalue weighted by Crippen LogP contribution is 2.28. The van der Waals surface area contributed by atoms with E-state index < -0.39 is 0 Å². The lowest BCUT2D eigenvalue weighted by Gasteiger charge is -2.36. The van der Waals surface area contributed by atoms with Crippen LogP contribution in [-0.2, 0) is 4.79 Å². The molecule has 0 N–H and O–H groups in total. The lowest BCUT2D eigenvalue weighted by molar-refractivity contribution is -0.114. The van der Waals surface area contributed by atoms with Crippen molar-refractivity contribution in [3.05, 3.63) is 35.9 Å². The van der Waals surface area contributed by atoms with Crippen LogP contribution < -0.4 is 9.64 Å². The van der Waals surface area contributed by atoms with Gasteiger partial charge in [0.15, 0.2) is 5.84 Å². The Morgan fingerprint density at radius 2 is 1.82 bits per heavy atom. The van der Waals surface area contributed by atoms with E-state index in [0.717, 1.165) is 43.3 Å². The van der Waals surface area contributed by atoms with Gasteiger partial charge in [-0.25, -0.2) is 4.99 Å². The molecule has 28 heavy (non-hydrogen) atoms. The Bertz CT molecular complexity index is 907. The van der Waals surface area contributed by atoms with Crippen molar-refractivity contribution in [1.29, 1.82) is 0 Å².